The molecule has 0 bridgehead atoms. The van der Waals surface area contributed by atoms with Crippen LogP contribution in [0.5, 0.6) is 5.75 Å². The van der Waals surface area contributed by atoms with Crippen LogP contribution < -0.4 is 10.1 Å². The van der Waals surface area contributed by atoms with Crippen LogP contribution in [0.4, 0.5) is 10.5 Å². The number of fused-ring (bicyclic) bond motifs is 1. The number of amides is 1. The van der Waals surface area contributed by atoms with Gasteiger partial charge in [0.1, 0.15) is 5.76 Å². The van der Waals surface area contributed by atoms with Gasteiger partial charge in [0.25, 0.3) is 0 Å². The number of hydrogen-bond donors (Lipinski definition) is 1. The van der Waals surface area contributed by atoms with Crippen LogP contribution >= 0.6 is 0 Å². The lowest BCUT2D eigenvalue weighted by molar-refractivity contribution is 0.109. The van der Waals surface area contributed by atoms with Crippen molar-refractivity contribution in [3.63, 3.8) is 0 Å². The van der Waals surface area contributed by atoms with Crippen LogP contribution in [-0.4, -0.2) is 13.2 Å². The molecular weight excluding hydrogens is 306 g/mol. The molecule has 1 heterocycles. The van der Waals surface area contributed by atoms with Gasteiger partial charge < -0.3 is 13.9 Å². The van der Waals surface area contributed by atoms with E-state index in [-0.39, 0.29) is 0 Å². The highest BCUT2D eigenvalue weighted by Crippen LogP contribution is 2.32. The van der Waals surface area contributed by atoms with Crippen LogP contribution in [0.1, 0.15) is 24.4 Å². The Hall–Kier alpha value is -2.95. The summed E-state index contributed by atoms with van der Waals surface area (Å²) in [5, 5.41) is 3.60. The number of aryl methyl sites for hydroxylation is 1. The maximum atomic E-state index is 12.0. The molecule has 1 atom stereocenters. The maximum absolute atomic E-state index is 12.0. The van der Waals surface area contributed by atoms with Gasteiger partial charge in [-0.1, -0.05) is 29.8 Å². The molecular formula is C19H19NO4. The molecule has 3 aromatic rings. The van der Waals surface area contributed by atoms with Crippen molar-refractivity contribution in [3.8, 4) is 5.75 Å². The van der Waals surface area contributed by atoms with E-state index in [1.165, 1.54) is 0 Å². The molecule has 0 aliphatic heterocycles. The number of furan rings is 1. The second-order valence-corrected chi connectivity index (χ2v) is 5.57. The van der Waals surface area contributed by atoms with E-state index in [9.17, 15) is 4.79 Å². The summed E-state index contributed by atoms with van der Waals surface area (Å²) >= 11 is 0. The first kappa shape index (κ1) is 15.9. The molecule has 0 aliphatic rings. The van der Waals surface area contributed by atoms with Gasteiger partial charge in [-0.3, -0.25) is 5.32 Å². The number of carbonyl (C=O) groups excluding carboxylic acids is 1. The van der Waals surface area contributed by atoms with Gasteiger partial charge >= 0.3 is 6.09 Å². The Morgan fingerprint density at radius 3 is 2.62 bits per heavy atom. The smallest absolute Gasteiger partial charge is 0.412 e. The molecule has 124 valence electrons. The monoisotopic (exact) mass is 325 g/mol. The number of hydrogen-bond acceptors (Lipinski definition) is 4. The van der Waals surface area contributed by atoms with Crippen molar-refractivity contribution >= 4 is 22.7 Å². The summed E-state index contributed by atoms with van der Waals surface area (Å²) in [5.41, 5.74) is 2.45. The Bertz CT molecular complexity index is 851. The van der Waals surface area contributed by atoms with E-state index in [2.05, 4.69) is 5.32 Å². The van der Waals surface area contributed by atoms with Crippen molar-refractivity contribution in [1.29, 1.82) is 0 Å². The average Bonchev–Trinajstić information content (AvgIpc) is 3.01. The summed E-state index contributed by atoms with van der Waals surface area (Å²) in [6.07, 6.45) is -1.05. The minimum absolute atomic E-state index is 0.521. The standard InChI is InChI=1S/C19H19NO4/c1-12-7-9-15(10-8-12)20-19(21)23-13(2)17-11-14-5-4-6-16(22-3)18(14)24-17/h4-11,13H,1-3H3,(H,20,21)/t13-/m0/s1. The first-order valence-electron chi connectivity index (χ1n) is 7.67. The number of ether oxygens (including phenoxy) is 2. The lowest BCUT2D eigenvalue weighted by Gasteiger charge is -2.12. The third-order valence-electron chi connectivity index (χ3n) is 3.73. The SMILES string of the molecule is COc1cccc2cc([C@H](C)OC(=O)Nc3ccc(C)cc3)oc12. The first-order chi connectivity index (χ1) is 11.6. The zero-order valence-corrected chi connectivity index (χ0v) is 13.8. The number of methoxy groups -OCH3 is 1. The number of benzene rings is 2. The van der Waals surface area contributed by atoms with Crippen molar-refractivity contribution < 1.29 is 18.7 Å². The number of rotatable bonds is 4. The molecule has 24 heavy (non-hydrogen) atoms. The molecule has 0 aliphatic carbocycles. The van der Waals surface area contributed by atoms with Gasteiger partial charge in [0, 0.05) is 11.1 Å². The highest BCUT2D eigenvalue weighted by atomic mass is 16.6. The summed E-state index contributed by atoms with van der Waals surface area (Å²) in [7, 11) is 1.59. The quantitative estimate of drug-likeness (QED) is 0.728. The summed E-state index contributed by atoms with van der Waals surface area (Å²) in [4.78, 5) is 12.0. The third kappa shape index (κ3) is 3.35. The molecule has 0 fully saturated rings. The summed E-state index contributed by atoms with van der Waals surface area (Å²) in [6, 6.07) is 15.0. The molecule has 0 radical (unpaired) electrons. The minimum atomic E-state index is -0.529. The van der Waals surface area contributed by atoms with Gasteiger partial charge in [0.05, 0.1) is 7.11 Å². The Kier molecular flexibility index (Phi) is 4.42. The number of anilines is 1. The van der Waals surface area contributed by atoms with E-state index in [4.69, 9.17) is 13.9 Å². The summed E-state index contributed by atoms with van der Waals surface area (Å²) in [5.74, 6) is 1.21. The average molecular weight is 325 g/mol. The molecule has 0 saturated heterocycles. The molecule has 0 saturated carbocycles. The predicted molar refractivity (Wildman–Crippen MR) is 92.5 cm³/mol. The number of nitrogens with one attached hydrogen (secondary N) is 1. The fraction of sp³-hybridized carbons (Fsp3) is 0.211. The van der Waals surface area contributed by atoms with E-state index in [1.807, 2.05) is 55.5 Å². The Balaban J connectivity index is 1.71. The van der Waals surface area contributed by atoms with Gasteiger partial charge in [-0.25, -0.2) is 4.79 Å². The highest BCUT2D eigenvalue weighted by Gasteiger charge is 2.17. The van der Waals surface area contributed by atoms with Gasteiger partial charge in [0.15, 0.2) is 17.4 Å². The molecule has 2 aromatic carbocycles. The van der Waals surface area contributed by atoms with Gasteiger partial charge in [0.2, 0.25) is 0 Å². The van der Waals surface area contributed by atoms with Crippen LogP contribution in [-0.2, 0) is 4.74 Å². The Morgan fingerprint density at radius 1 is 1.17 bits per heavy atom. The normalized spacial score (nSPS) is 12.0. The minimum Gasteiger partial charge on any atom is -0.493 e. The highest BCUT2D eigenvalue weighted by molar-refractivity contribution is 5.85. The van der Waals surface area contributed by atoms with Crippen molar-refractivity contribution in [1.82, 2.24) is 0 Å². The lowest BCUT2D eigenvalue weighted by Crippen LogP contribution is -2.15. The second-order valence-electron chi connectivity index (χ2n) is 5.57. The molecule has 1 amide bonds. The largest absolute Gasteiger partial charge is 0.493 e. The lowest BCUT2D eigenvalue weighted by atomic mass is 10.2. The fourth-order valence-corrected chi connectivity index (χ4v) is 2.42. The summed E-state index contributed by atoms with van der Waals surface area (Å²) < 4.78 is 16.5. The van der Waals surface area contributed by atoms with E-state index < -0.39 is 12.2 Å². The van der Waals surface area contributed by atoms with Gasteiger partial charge in [-0.15, -0.1) is 0 Å². The Morgan fingerprint density at radius 2 is 1.92 bits per heavy atom. The van der Waals surface area contributed by atoms with Crippen molar-refractivity contribution in [3.05, 3.63) is 59.9 Å². The van der Waals surface area contributed by atoms with Crippen LogP contribution in [0.3, 0.4) is 0 Å². The van der Waals surface area contributed by atoms with E-state index in [1.54, 1.807) is 14.0 Å². The molecule has 3 rings (SSSR count). The topological polar surface area (TPSA) is 60.7 Å². The second kappa shape index (κ2) is 6.66. The van der Waals surface area contributed by atoms with E-state index in [0.717, 1.165) is 10.9 Å². The summed E-state index contributed by atoms with van der Waals surface area (Å²) in [6.45, 7) is 3.75. The predicted octanol–water partition coefficient (Wildman–Crippen LogP) is 5.06. The van der Waals surface area contributed by atoms with Gasteiger partial charge in [-0.05, 0) is 38.1 Å². The molecule has 1 N–H and O–H groups in total. The van der Waals surface area contributed by atoms with Crippen molar-refractivity contribution in [2.75, 3.05) is 12.4 Å². The Labute approximate surface area is 140 Å². The maximum Gasteiger partial charge on any atom is 0.412 e. The van der Waals surface area contributed by atoms with Crippen molar-refractivity contribution in [2.45, 2.75) is 20.0 Å². The molecule has 0 spiro atoms. The molecule has 0 unspecified atom stereocenters. The zero-order chi connectivity index (χ0) is 17.1. The molecule has 5 heteroatoms. The first-order valence-corrected chi connectivity index (χ1v) is 7.67. The molecule has 1 aromatic heterocycles. The third-order valence-corrected chi connectivity index (χ3v) is 3.73. The molecule has 5 nitrogen and oxygen atoms in total. The van der Waals surface area contributed by atoms with Crippen molar-refractivity contribution in [2.24, 2.45) is 0 Å². The number of carbonyl (C=O) groups is 1. The van der Waals surface area contributed by atoms with E-state index >= 15 is 0 Å². The van der Waals surface area contributed by atoms with Crippen LogP contribution in [0.15, 0.2) is 52.9 Å². The van der Waals surface area contributed by atoms with Gasteiger partial charge in [-0.2, -0.15) is 0 Å². The number of para-hydroxylation sites is 1. The fourth-order valence-electron chi connectivity index (χ4n) is 2.42. The van der Waals surface area contributed by atoms with Crippen LogP contribution in [0, 0.1) is 6.92 Å². The van der Waals surface area contributed by atoms with Crippen LogP contribution in [0.2, 0.25) is 0 Å². The van der Waals surface area contributed by atoms with E-state index in [0.29, 0.717) is 22.8 Å². The van der Waals surface area contributed by atoms with Crippen LogP contribution in [0.25, 0.3) is 11.0 Å². The zero-order valence-electron chi connectivity index (χ0n) is 13.8.